The molecule has 0 radical (unpaired) electrons. The molecule has 8 nitrogen and oxygen atoms in total. The number of hydrazone groups is 1. The molecule has 39 heavy (non-hydrogen) atoms. The Morgan fingerprint density at radius 1 is 0.846 bits per heavy atom. The highest BCUT2D eigenvalue weighted by atomic mass is 32.1. The first-order chi connectivity index (χ1) is 19.0. The van der Waals surface area contributed by atoms with Gasteiger partial charge in [0.15, 0.2) is 16.6 Å². The maximum Gasteiger partial charge on any atom is 0.203 e. The Bertz CT molecular complexity index is 1550. The number of benzene rings is 4. The number of nitrogens with one attached hydrogen (secondary N) is 1. The molecule has 4 aromatic carbocycles. The van der Waals surface area contributed by atoms with E-state index in [0.717, 1.165) is 27.8 Å². The SMILES string of the molecule is COc1cc(NC(=S)N2N=C(c3ccccc3O)CC2c2ccc(OC)c3ccccc23)cc(OC)c1OC. The van der Waals surface area contributed by atoms with Crippen molar-refractivity contribution in [3.05, 3.63) is 83.9 Å². The molecule has 0 aromatic heterocycles. The van der Waals surface area contributed by atoms with E-state index in [-0.39, 0.29) is 11.8 Å². The van der Waals surface area contributed by atoms with Gasteiger partial charge in [-0.15, -0.1) is 0 Å². The van der Waals surface area contributed by atoms with Gasteiger partial charge in [-0.3, -0.25) is 0 Å². The number of rotatable bonds is 7. The van der Waals surface area contributed by atoms with Crippen LogP contribution >= 0.6 is 12.2 Å². The summed E-state index contributed by atoms with van der Waals surface area (Å²) in [4.78, 5) is 0. The van der Waals surface area contributed by atoms with Crippen molar-refractivity contribution in [1.82, 2.24) is 5.01 Å². The number of para-hydroxylation sites is 1. The molecule has 0 fully saturated rings. The average Bonchev–Trinajstić information content (AvgIpc) is 3.41. The number of aromatic hydroxyl groups is 1. The van der Waals surface area contributed by atoms with Gasteiger partial charge in [0, 0.05) is 35.2 Å². The third-order valence-electron chi connectivity index (χ3n) is 6.75. The van der Waals surface area contributed by atoms with E-state index in [9.17, 15) is 5.11 Å². The second-order valence-electron chi connectivity index (χ2n) is 8.88. The Morgan fingerprint density at radius 3 is 2.13 bits per heavy atom. The van der Waals surface area contributed by atoms with Gasteiger partial charge >= 0.3 is 0 Å². The second kappa shape index (κ2) is 11.1. The fourth-order valence-electron chi connectivity index (χ4n) is 4.92. The topological polar surface area (TPSA) is 84.8 Å². The summed E-state index contributed by atoms with van der Waals surface area (Å²) in [6.07, 6.45) is 0.533. The summed E-state index contributed by atoms with van der Waals surface area (Å²) in [5, 5.41) is 23.0. The minimum absolute atomic E-state index is 0.167. The van der Waals surface area contributed by atoms with Crippen LogP contribution in [0.15, 0.2) is 77.9 Å². The maximum atomic E-state index is 10.6. The van der Waals surface area contributed by atoms with Crippen molar-refractivity contribution in [3.63, 3.8) is 0 Å². The highest BCUT2D eigenvalue weighted by molar-refractivity contribution is 7.80. The lowest BCUT2D eigenvalue weighted by molar-refractivity contribution is 0.324. The second-order valence-corrected chi connectivity index (χ2v) is 9.26. The van der Waals surface area contributed by atoms with Gasteiger partial charge in [0.05, 0.1) is 40.2 Å². The molecule has 0 saturated heterocycles. The molecule has 4 aromatic rings. The smallest absolute Gasteiger partial charge is 0.203 e. The van der Waals surface area contributed by atoms with Crippen LogP contribution in [0.5, 0.6) is 28.7 Å². The van der Waals surface area contributed by atoms with Gasteiger partial charge < -0.3 is 29.4 Å². The highest BCUT2D eigenvalue weighted by Crippen LogP contribution is 2.42. The van der Waals surface area contributed by atoms with E-state index >= 15 is 0 Å². The fraction of sp³-hybridized carbons (Fsp3) is 0.200. The first-order valence-electron chi connectivity index (χ1n) is 12.3. The van der Waals surface area contributed by atoms with Gasteiger partial charge in [-0.1, -0.05) is 42.5 Å². The zero-order valence-electron chi connectivity index (χ0n) is 22.1. The summed E-state index contributed by atoms with van der Waals surface area (Å²) in [5.74, 6) is 2.44. The van der Waals surface area contributed by atoms with E-state index in [4.69, 9.17) is 36.3 Å². The Labute approximate surface area is 232 Å². The van der Waals surface area contributed by atoms with Gasteiger partial charge in [0.2, 0.25) is 5.75 Å². The molecular weight excluding hydrogens is 514 g/mol. The van der Waals surface area contributed by atoms with Gasteiger partial charge in [-0.2, -0.15) is 5.10 Å². The Hall–Kier alpha value is -4.50. The lowest BCUT2D eigenvalue weighted by Crippen LogP contribution is -2.31. The molecule has 1 heterocycles. The van der Waals surface area contributed by atoms with E-state index < -0.39 is 0 Å². The third kappa shape index (κ3) is 4.88. The number of nitrogens with zero attached hydrogens (tertiary/aromatic N) is 2. The van der Waals surface area contributed by atoms with E-state index in [0.29, 0.717) is 40.0 Å². The van der Waals surface area contributed by atoms with Gasteiger partial charge in [-0.05, 0) is 41.4 Å². The Morgan fingerprint density at radius 2 is 1.49 bits per heavy atom. The monoisotopic (exact) mass is 543 g/mol. The van der Waals surface area contributed by atoms with Crippen LogP contribution in [0, 0.1) is 0 Å². The molecule has 1 unspecified atom stereocenters. The summed E-state index contributed by atoms with van der Waals surface area (Å²) in [6, 6.07) is 22.6. The van der Waals surface area contributed by atoms with Crippen LogP contribution in [-0.4, -0.2) is 49.4 Å². The van der Waals surface area contributed by atoms with Crippen LogP contribution in [0.25, 0.3) is 10.8 Å². The molecule has 0 saturated carbocycles. The van der Waals surface area contributed by atoms with Crippen LogP contribution < -0.4 is 24.3 Å². The molecule has 0 aliphatic carbocycles. The van der Waals surface area contributed by atoms with Crippen molar-refractivity contribution in [1.29, 1.82) is 0 Å². The minimum Gasteiger partial charge on any atom is -0.507 e. The standard InChI is InChI=1S/C30H29N3O5S/c1-35-26-14-13-20(19-9-5-6-10-21(19)26)24-17-23(22-11-7-8-12-25(22)34)32-33(24)30(39)31-18-15-27(36-2)29(38-4)28(16-18)37-3/h5-16,24,34H,17H2,1-4H3,(H,31,39). The Balaban J connectivity index is 1.58. The van der Waals surface area contributed by atoms with Crippen molar-refractivity contribution in [2.45, 2.75) is 12.5 Å². The van der Waals surface area contributed by atoms with E-state index in [1.54, 1.807) is 57.7 Å². The third-order valence-corrected chi connectivity index (χ3v) is 7.04. The molecule has 9 heteroatoms. The number of fused-ring (bicyclic) bond motifs is 1. The number of methoxy groups -OCH3 is 4. The first-order valence-corrected chi connectivity index (χ1v) is 12.7. The lowest BCUT2D eigenvalue weighted by atomic mass is 9.93. The summed E-state index contributed by atoms with van der Waals surface area (Å²) in [7, 11) is 6.35. The van der Waals surface area contributed by atoms with Crippen molar-refractivity contribution >= 4 is 39.5 Å². The number of phenolic OH excluding ortho intramolecular Hbond substituents is 1. The number of ether oxygens (including phenoxy) is 4. The first kappa shape index (κ1) is 26.1. The van der Waals surface area contributed by atoms with E-state index in [2.05, 4.69) is 11.4 Å². The summed E-state index contributed by atoms with van der Waals surface area (Å²) in [5.41, 5.74) is 3.08. The van der Waals surface area contributed by atoms with Crippen LogP contribution in [-0.2, 0) is 0 Å². The van der Waals surface area contributed by atoms with Crippen molar-refractivity contribution in [2.24, 2.45) is 5.10 Å². The predicted octanol–water partition coefficient (Wildman–Crippen LogP) is 6.13. The van der Waals surface area contributed by atoms with Crippen molar-refractivity contribution in [3.8, 4) is 28.7 Å². The molecule has 2 N–H and O–H groups in total. The molecule has 1 aliphatic heterocycles. The molecule has 5 rings (SSSR count). The number of hydrogen-bond donors (Lipinski definition) is 2. The largest absolute Gasteiger partial charge is 0.507 e. The van der Waals surface area contributed by atoms with Gasteiger partial charge in [0.1, 0.15) is 11.5 Å². The normalized spacial score (nSPS) is 14.6. The molecule has 1 atom stereocenters. The Kier molecular flexibility index (Phi) is 7.42. The number of thiocarbonyl (C=S) groups is 1. The van der Waals surface area contributed by atoms with Crippen LogP contribution in [0.4, 0.5) is 5.69 Å². The fourth-order valence-corrected chi connectivity index (χ4v) is 5.20. The lowest BCUT2D eigenvalue weighted by Gasteiger charge is -2.26. The summed E-state index contributed by atoms with van der Waals surface area (Å²) < 4.78 is 22.1. The molecular formula is C30H29N3O5S. The van der Waals surface area contributed by atoms with Crippen LogP contribution in [0.2, 0.25) is 0 Å². The highest BCUT2D eigenvalue weighted by Gasteiger charge is 2.34. The quantitative estimate of drug-likeness (QED) is 0.270. The maximum absolute atomic E-state index is 10.6. The van der Waals surface area contributed by atoms with Crippen LogP contribution in [0.3, 0.4) is 0 Å². The molecule has 0 amide bonds. The molecule has 1 aliphatic rings. The summed E-state index contributed by atoms with van der Waals surface area (Å²) in [6.45, 7) is 0. The number of anilines is 1. The number of phenols is 1. The van der Waals surface area contributed by atoms with Crippen molar-refractivity contribution < 1.29 is 24.1 Å². The van der Waals surface area contributed by atoms with E-state index in [1.165, 1.54) is 0 Å². The van der Waals surface area contributed by atoms with Crippen LogP contribution in [0.1, 0.15) is 23.6 Å². The summed E-state index contributed by atoms with van der Waals surface area (Å²) >= 11 is 5.91. The minimum atomic E-state index is -0.238. The molecule has 0 spiro atoms. The van der Waals surface area contributed by atoms with Crippen molar-refractivity contribution in [2.75, 3.05) is 33.8 Å². The number of hydrogen-bond acceptors (Lipinski definition) is 7. The zero-order valence-corrected chi connectivity index (χ0v) is 22.9. The average molecular weight is 544 g/mol. The van der Waals surface area contributed by atoms with Gasteiger partial charge in [0.25, 0.3) is 0 Å². The van der Waals surface area contributed by atoms with E-state index in [1.807, 2.05) is 42.5 Å². The predicted molar refractivity (Wildman–Crippen MR) is 157 cm³/mol. The molecule has 200 valence electrons. The van der Waals surface area contributed by atoms with Gasteiger partial charge in [-0.25, -0.2) is 5.01 Å². The molecule has 0 bridgehead atoms. The zero-order chi connectivity index (χ0) is 27.5.